The number of hydrogen-bond acceptors (Lipinski definition) is 2. The zero-order chi connectivity index (χ0) is 14.4. The predicted octanol–water partition coefficient (Wildman–Crippen LogP) is 4.99. The molecule has 3 heteroatoms. The summed E-state index contributed by atoms with van der Waals surface area (Å²) < 4.78 is 0.917. The number of carbonyl (C=O) groups excluding carboxylic acids is 1. The third kappa shape index (κ3) is 3.93. The van der Waals surface area contributed by atoms with Crippen molar-refractivity contribution in [1.82, 2.24) is 0 Å². The Hall–Kier alpha value is -1.14. The largest absolute Gasteiger partial charge is 0.298 e. The lowest BCUT2D eigenvalue weighted by Gasteiger charge is -2.21. The summed E-state index contributed by atoms with van der Waals surface area (Å²) in [4.78, 5) is 12.7. The highest BCUT2D eigenvalue weighted by molar-refractivity contribution is 9.10. The first kappa shape index (κ1) is 15.3. The van der Waals surface area contributed by atoms with E-state index in [0.717, 1.165) is 35.7 Å². The van der Waals surface area contributed by atoms with Gasteiger partial charge in [0.1, 0.15) is 5.92 Å². The summed E-state index contributed by atoms with van der Waals surface area (Å²) in [5.74, 6) is -0.427. The standard InChI is InChI=1S/C17H20BrNO/c18-15-10-6-9-14(11-15)16(12-19)17(20)13-7-4-2-1-3-5-8-13/h6,9-11,13,16H,1-5,7-8H2. The SMILES string of the molecule is N#CC(C(=O)C1CCCCCCC1)c1cccc(Br)c1. The van der Waals surface area contributed by atoms with E-state index < -0.39 is 5.92 Å². The van der Waals surface area contributed by atoms with Crippen LogP contribution in [0.2, 0.25) is 0 Å². The quantitative estimate of drug-likeness (QED) is 0.782. The number of ketones is 1. The van der Waals surface area contributed by atoms with Gasteiger partial charge in [-0.15, -0.1) is 0 Å². The van der Waals surface area contributed by atoms with Gasteiger partial charge in [-0.25, -0.2) is 0 Å². The summed E-state index contributed by atoms with van der Waals surface area (Å²) in [7, 11) is 0. The van der Waals surface area contributed by atoms with E-state index >= 15 is 0 Å². The van der Waals surface area contributed by atoms with Crippen molar-refractivity contribution in [2.75, 3.05) is 0 Å². The van der Waals surface area contributed by atoms with Crippen LogP contribution in [0.5, 0.6) is 0 Å². The van der Waals surface area contributed by atoms with Crippen LogP contribution in [0, 0.1) is 17.2 Å². The Morgan fingerprint density at radius 2 is 1.85 bits per heavy atom. The maximum Gasteiger partial charge on any atom is 0.157 e. The van der Waals surface area contributed by atoms with Gasteiger partial charge in [-0.3, -0.25) is 4.79 Å². The second-order valence-electron chi connectivity index (χ2n) is 5.56. The van der Waals surface area contributed by atoms with Crippen molar-refractivity contribution in [3.8, 4) is 6.07 Å². The van der Waals surface area contributed by atoms with E-state index in [0.29, 0.717) is 0 Å². The Bertz CT molecular complexity index is 498. The van der Waals surface area contributed by atoms with Crippen LogP contribution < -0.4 is 0 Å². The minimum Gasteiger partial charge on any atom is -0.298 e. The van der Waals surface area contributed by atoms with Gasteiger partial charge in [-0.05, 0) is 30.5 Å². The lowest BCUT2D eigenvalue weighted by atomic mass is 9.81. The first-order valence-corrected chi connectivity index (χ1v) is 8.20. The van der Waals surface area contributed by atoms with E-state index in [1.807, 2.05) is 24.3 Å². The van der Waals surface area contributed by atoms with Crippen LogP contribution in [-0.2, 0) is 4.79 Å². The Labute approximate surface area is 129 Å². The Morgan fingerprint density at radius 1 is 1.20 bits per heavy atom. The van der Waals surface area contributed by atoms with Crippen molar-refractivity contribution in [2.45, 2.75) is 50.9 Å². The molecule has 1 aromatic rings. The predicted molar refractivity (Wildman–Crippen MR) is 83.3 cm³/mol. The molecule has 0 radical (unpaired) electrons. The fraction of sp³-hybridized carbons (Fsp3) is 0.529. The molecule has 1 fully saturated rings. The van der Waals surface area contributed by atoms with Gasteiger partial charge in [0.25, 0.3) is 0 Å². The Kier molecular flexibility index (Phi) is 5.79. The molecule has 1 atom stereocenters. The average Bonchev–Trinajstić information content (AvgIpc) is 2.39. The number of Topliss-reactive ketones (excluding diaryl/α,β-unsaturated/α-hetero) is 1. The molecule has 20 heavy (non-hydrogen) atoms. The zero-order valence-corrected chi connectivity index (χ0v) is 13.2. The van der Waals surface area contributed by atoms with Crippen LogP contribution in [-0.4, -0.2) is 5.78 Å². The number of nitrogens with zero attached hydrogens (tertiary/aromatic N) is 1. The van der Waals surface area contributed by atoms with Crippen molar-refractivity contribution >= 4 is 21.7 Å². The number of carbonyl (C=O) groups is 1. The van der Waals surface area contributed by atoms with E-state index in [9.17, 15) is 10.1 Å². The van der Waals surface area contributed by atoms with Crippen molar-refractivity contribution in [3.63, 3.8) is 0 Å². The lowest BCUT2D eigenvalue weighted by molar-refractivity contribution is -0.123. The van der Waals surface area contributed by atoms with Crippen molar-refractivity contribution in [1.29, 1.82) is 5.26 Å². The number of hydrogen-bond donors (Lipinski definition) is 0. The summed E-state index contributed by atoms with van der Waals surface area (Å²) in [6.45, 7) is 0. The molecule has 1 aliphatic rings. The molecule has 1 saturated carbocycles. The highest BCUT2D eigenvalue weighted by atomic mass is 79.9. The topological polar surface area (TPSA) is 40.9 Å². The molecule has 0 saturated heterocycles. The maximum atomic E-state index is 12.7. The second kappa shape index (κ2) is 7.59. The fourth-order valence-electron chi connectivity index (χ4n) is 2.96. The normalized spacial score (nSPS) is 18.6. The summed E-state index contributed by atoms with van der Waals surface area (Å²) in [6.07, 6.45) is 7.86. The first-order valence-electron chi connectivity index (χ1n) is 7.41. The minimum absolute atomic E-state index is 0.0685. The van der Waals surface area contributed by atoms with Crippen LogP contribution in [0.25, 0.3) is 0 Å². The summed E-state index contributed by atoms with van der Waals surface area (Å²) in [5, 5.41) is 9.41. The molecule has 0 N–H and O–H groups in total. The average molecular weight is 334 g/mol. The lowest BCUT2D eigenvalue weighted by Crippen LogP contribution is -2.22. The van der Waals surface area contributed by atoms with Gasteiger partial charge in [0, 0.05) is 10.4 Å². The maximum absolute atomic E-state index is 12.7. The van der Waals surface area contributed by atoms with Crippen LogP contribution in [0.4, 0.5) is 0 Å². The molecule has 2 nitrogen and oxygen atoms in total. The monoisotopic (exact) mass is 333 g/mol. The summed E-state index contributed by atoms with van der Waals surface area (Å²) in [6, 6.07) is 9.77. The number of halogens is 1. The first-order chi connectivity index (χ1) is 9.72. The van der Waals surface area contributed by atoms with Gasteiger partial charge in [-0.2, -0.15) is 5.26 Å². The fourth-order valence-corrected chi connectivity index (χ4v) is 3.38. The van der Waals surface area contributed by atoms with Gasteiger partial charge < -0.3 is 0 Å². The van der Waals surface area contributed by atoms with E-state index in [1.165, 1.54) is 19.3 Å². The van der Waals surface area contributed by atoms with Gasteiger partial charge in [0.15, 0.2) is 5.78 Å². The number of benzene rings is 1. The molecule has 0 amide bonds. The molecule has 0 heterocycles. The molecular weight excluding hydrogens is 314 g/mol. The zero-order valence-electron chi connectivity index (χ0n) is 11.6. The van der Waals surface area contributed by atoms with E-state index in [-0.39, 0.29) is 11.7 Å². The molecule has 1 aliphatic carbocycles. The molecule has 1 aromatic carbocycles. The molecule has 2 rings (SSSR count). The molecule has 106 valence electrons. The van der Waals surface area contributed by atoms with Crippen molar-refractivity contribution in [3.05, 3.63) is 34.3 Å². The van der Waals surface area contributed by atoms with Gasteiger partial charge in [0.2, 0.25) is 0 Å². The Morgan fingerprint density at radius 3 is 2.45 bits per heavy atom. The third-order valence-corrected chi connectivity index (χ3v) is 4.60. The number of rotatable bonds is 3. The molecule has 1 unspecified atom stereocenters. The number of nitriles is 1. The Balaban J connectivity index is 2.14. The van der Waals surface area contributed by atoms with E-state index in [2.05, 4.69) is 22.0 Å². The molecule has 0 bridgehead atoms. The van der Waals surface area contributed by atoms with Crippen LogP contribution in [0.1, 0.15) is 56.4 Å². The van der Waals surface area contributed by atoms with Crippen LogP contribution >= 0.6 is 15.9 Å². The smallest absolute Gasteiger partial charge is 0.157 e. The van der Waals surface area contributed by atoms with Crippen LogP contribution in [0.15, 0.2) is 28.7 Å². The van der Waals surface area contributed by atoms with Gasteiger partial charge >= 0.3 is 0 Å². The van der Waals surface area contributed by atoms with Gasteiger partial charge in [-0.1, -0.05) is 60.2 Å². The highest BCUT2D eigenvalue weighted by Crippen LogP contribution is 2.29. The summed E-state index contributed by atoms with van der Waals surface area (Å²) >= 11 is 3.41. The van der Waals surface area contributed by atoms with Crippen molar-refractivity contribution < 1.29 is 4.79 Å². The van der Waals surface area contributed by atoms with Crippen molar-refractivity contribution in [2.24, 2.45) is 5.92 Å². The highest BCUT2D eigenvalue weighted by Gasteiger charge is 2.28. The minimum atomic E-state index is -0.614. The molecular formula is C17H20BrNO. The third-order valence-electron chi connectivity index (χ3n) is 4.10. The van der Waals surface area contributed by atoms with Crippen LogP contribution in [0.3, 0.4) is 0 Å². The molecule has 0 spiro atoms. The van der Waals surface area contributed by atoms with E-state index in [1.54, 1.807) is 0 Å². The molecule has 0 aliphatic heterocycles. The van der Waals surface area contributed by atoms with Gasteiger partial charge in [0.05, 0.1) is 6.07 Å². The molecule has 0 aromatic heterocycles. The second-order valence-corrected chi connectivity index (χ2v) is 6.48. The summed E-state index contributed by atoms with van der Waals surface area (Å²) in [5.41, 5.74) is 0.814. The van der Waals surface area contributed by atoms with E-state index in [4.69, 9.17) is 0 Å².